The first-order chi connectivity index (χ1) is 11.6. The van der Waals surface area contributed by atoms with Crippen molar-refractivity contribution in [2.24, 2.45) is 0 Å². The van der Waals surface area contributed by atoms with Crippen molar-refractivity contribution in [3.63, 3.8) is 0 Å². The number of hydrogen-bond donors (Lipinski definition) is 2. The second-order valence-corrected chi connectivity index (χ2v) is 5.73. The third-order valence-electron chi connectivity index (χ3n) is 3.92. The zero-order valence-electron chi connectivity index (χ0n) is 13.4. The Kier molecular flexibility index (Phi) is 4.74. The van der Waals surface area contributed by atoms with Gasteiger partial charge in [-0.1, -0.05) is 5.16 Å². The predicted octanol–water partition coefficient (Wildman–Crippen LogP) is 1.80. The number of likely N-dealkylation sites (tertiary alicyclic amines) is 1. The molecule has 2 N–H and O–H groups in total. The topological polar surface area (TPSA) is 100 Å². The number of piperidine rings is 1. The van der Waals surface area contributed by atoms with Crippen molar-refractivity contribution in [3.8, 4) is 0 Å². The highest BCUT2D eigenvalue weighted by molar-refractivity contribution is 5.94. The second-order valence-electron chi connectivity index (χ2n) is 5.73. The fourth-order valence-corrected chi connectivity index (χ4v) is 2.61. The van der Waals surface area contributed by atoms with Crippen molar-refractivity contribution in [3.05, 3.63) is 41.9 Å². The van der Waals surface area contributed by atoms with Crippen LogP contribution in [0.15, 0.2) is 35.1 Å². The van der Waals surface area contributed by atoms with Crippen molar-refractivity contribution in [1.29, 1.82) is 0 Å². The van der Waals surface area contributed by atoms with Crippen LogP contribution in [0.4, 0.5) is 10.7 Å². The first-order valence-electron chi connectivity index (χ1n) is 7.82. The van der Waals surface area contributed by atoms with Gasteiger partial charge in [-0.05, 0) is 31.9 Å². The molecule has 2 aromatic heterocycles. The number of aryl methyl sites for hydroxylation is 1. The Labute approximate surface area is 139 Å². The highest BCUT2D eigenvalue weighted by Gasteiger charge is 2.24. The Morgan fingerprint density at radius 1 is 1.25 bits per heavy atom. The highest BCUT2D eigenvalue weighted by atomic mass is 16.5. The summed E-state index contributed by atoms with van der Waals surface area (Å²) in [4.78, 5) is 29.9. The molecule has 0 saturated carbocycles. The number of aromatic nitrogens is 2. The fraction of sp³-hybridized carbons (Fsp3) is 0.375. The number of pyridine rings is 1. The quantitative estimate of drug-likeness (QED) is 0.894. The molecule has 3 heterocycles. The van der Waals surface area contributed by atoms with Gasteiger partial charge in [0.05, 0.1) is 5.69 Å². The molecule has 126 valence electrons. The second kappa shape index (κ2) is 7.12. The fourth-order valence-electron chi connectivity index (χ4n) is 2.61. The van der Waals surface area contributed by atoms with Crippen LogP contribution in [0.5, 0.6) is 0 Å². The minimum atomic E-state index is -0.218. The van der Waals surface area contributed by atoms with Crippen LogP contribution in [0.25, 0.3) is 0 Å². The molecule has 0 aliphatic carbocycles. The summed E-state index contributed by atoms with van der Waals surface area (Å²) in [5.41, 5.74) is 1.30. The van der Waals surface area contributed by atoms with Gasteiger partial charge in [0, 0.05) is 43.2 Å². The molecule has 24 heavy (non-hydrogen) atoms. The molecule has 3 amide bonds. The molecule has 0 aromatic carbocycles. The van der Waals surface area contributed by atoms with Gasteiger partial charge >= 0.3 is 6.03 Å². The molecule has 0 radical (unpaired) electrons. The first-order valence-corrected chi connectivity index (χ1v) is 7.82. The SMILES string of the molecule is Cc1cc(NC(=O)N2CCC(NC(=O)c3ccncc3)CC2)on1. The van der Waals surface area contributed by atoms with E-state index in [1.165, 1.54) is 0 Å². The van der Waals surface area contributed by atoms with Gasteiger partial charge in [-0.2, -0.15) is 0 Å². The van der Waals surface area contributed by atoms with Crippen LogP contribution in [0, 0.1) is 6.92 Å². The number of rotatable bonds is 3. The molecular weight excluding hydrogens is 310 g/mol. The number of urea groups is 1. The van der Waals surface area contributed by atoms with Gasteiger partial charge in [-0.15, -0.1) is 0 Å². The van der Waals surface area contributed by atoms with Gasteiger partial charge in [0.25, 0.3) is 5.91 Å². The van der Waals surface area contributed by atoms with E-state index in [4.69, 9.17) is 4.52 Å². The number of carbonyl (C=O) groups excluding carboxylic acids is 2. The lowest BCUT2D eigenvalue weighted by Crippen LogP contribution is -2.47. The summed E-state index contributed by atoms with van der Waals surface area (Å²) in [7, 11) is 0. The van der Waals surface area contributed by atoms with Gasteiger partial charge in [0.1, 0.15) is 0 Å². The summed E-state index contributed by atoms with van der Waals surface area (Å²) in [5, 5.41) is 9.40. The zero-order valence-corrected chi connectivity index (χ0v) is 13.4. The summed E-state index contributed by atoms with van der Waals surface area (Å²) in [5.74, 6) is 0.225. The van der Waals surface area contributed by atoms with Crippen LogP contribution >= 0.6 is 0 Å². The van der Waals surface area contributed by atoms with Crippen molar-refractivity contribution in [2.75, 3.05) is 18.4 Å². The van der Waals surface area contributed by atoms with Crippen molar-refractivity contribution < 1.29 is 14.1 Å². The lowest BCUT2D eigenvalue weighted by atomic mass is 10.0. The molecule has 1 saturated heterocycles. The Balaban J connectivity index is 1.47. The predicted molar refractivity (Wildman–Crippen MR) is 86.6 cm³/mol. The maximum absolute atomic E-state index is 12.2. The summed E-state index contributed by atoms with van der Waals surface area (Å²) in [6.45, 7) is 2.93. The van der Waals surface area contributed by atoms with E-state index in [9.17, 15) is 9.59 Å². The van der Waals surface area contributed by atoms with Gasteiger partial charge in [-0.25, -0.2) is 4.79 Å². The van der Waals surface area contributed by atoms with E-state index in [2.05, 4.69) is 20.8 Å². The molecule has 0 bridgehead atoms. The summed E-state index contributed by atoms with van der Waals surface area (Å²) < 4.78 is 4.98. The lowest BCUT2D eigenvalue weighted by Gasteiger charge is -2.32. The number of amides is 3. The van der Waals surface area contributed by atoms with Crippen molar-refractivity contribution >= 4 is 17.8 Å². The average Bonchev–Trinajstić information content (AvgIpc) is 3.01. The van der Waals surface area contributed by atoms with E-state index < -0.39 is 0 Å². The van der Waals surface area contributed by atoms with E-state index in [0.717, 1.165) is 0 Å². The van der Waals surface area contributed by atoms with E-state index in [1.807, 2.05) is 0 Å². The summed E-state index contributed by atoms with van der Waals surface area (Å²) >= 11 is 0. The van der Waals surface area contributed by atoms with E-state index >= 15 is 0 Å². The molecule has 0 unspecified atom stereocenters. The molecule has 1 aliphatic heterocycles. The molecule has 3 rings (SSSR count). The number of nitrogens with one attached hydrogen (secondary N) is 2. The largest absolute Gasteiger partial charge is 0.349 e. The zero-order chi connectivity index (χ0) is 16.9. The van der Waals surface area contributed by atoms with Crippen LogP contribution in [-0.4, -0.2) is 46.1 Å². The van der Waals surface area contributed by atoms with Crippen LogP contribution in [0.1, 0.15) is 28.9 Å². The van der Waals surface area contributed by atoms with Crippen LogP contribution in [-0.2, 0) is 0 Å². The van der Waals surface area contributed by atoms with Crippen molar-refractivity contribution in [1.82, 2.24) is 20.4 Å². The standard InChI is InChI=1S/C16H19N5O3/c1-11-10-14(24-20-11)19-16(23)21-8-4-13(5-9-21)18-15(22)12-2-6-17-7-3-12/h2-3,6-7,10,13H,4-5,8-9H2,1H3,(H,18,22)(H,19,23). The summed E-state index contributed by atoms with van der Waals surface area (Å²) in [6.07, 6.45) is 4.60. The number of nitrogens with zero attached hydrogens (tertiary/aromatic N) is 3. The van der Waals surface area contributed by atoms with Crippen LogP contribution < -0.4 is 10.6 Å². The molecule has 0 atom stereocenters. The minimum absolute atomic E-state index is 0.0576. The lowest BCUT2D eigenvalue weighted by molar-refractivity contribution is 0.0919. The molecular formula is C16H19N5O3. The van der Waals surface area contributed by atoms with E-state index in [-0.39, 0.29) is 18.0 Å². The maximum atomic E-state index is 12.2. The Bertz CT molecular complexity index is 708. The maximum Gasteiger partial charge on any atom is 0.324 e. The monoisotopic (exact) mass is 329 g/mol. The third kappa shape index (κ3) is 3.89. The minimum Gasteiger partial charge on any atom is -0.349 e. The highest BCUT2D eigenvalue weighted by Crippen LogP contribution is 2.14. The normalized spacial score (nSPS) is 15.1. The van der Waals surface area contributed by atoms with Gasteiger partial charge in [0.2, 0.25) is 5.88 Å². The number of carbonyl (C=O) groups is 2. The van der Waals surface area contributed by atoms with E-state index in [0.29, 0.717) is 43.1 Å². The van der Waals surface area contributed by atoms with Crippen LogP contribution in [0.3, 0.4) is 0 Å². The van der Waals surface area contributed by atoms with Crippen LogP contribution in [0.2, 0.25) is 0 Å². The smallest absolute Gasteiger partial charge is 0.324 e. The molecule has 1 aliphatic rings. The Morgan fingerprint density at radius 3 is 2.58 bits per heavy atom. The average molecular weight is 329 g/mol. The first kappa shape index (κ1) is 16.0. The van der Waals surface area contributed by atoms with Gasteiger partial charge in [-0.3, -0.25) is 15.1 Å². The molecule has 1 fully saturated rings. The van der Waals surface area contributed by atoms with Gasteiger partial charge in [0.15, 0.2) is 0 Å². The third-order valence-corrected chi connectivity index (χ3v) is 3.92. The number of hydrogen-bond acceptors (Lipinski definition) is 5. The molecule has 0 spiro atoms. The van der Waals surface area contributed by atoms with Gasteiger partial charge < -0.3 is 14.7 Å². The van der Waals surface area contributed by atoms with E-state index in [1.54, 1.807) is 42.4 Å². The Morgan fingerprint density at radius 2 is 1.96 bits per heavy atom. The number of anilines is 1. The Hall–Kier alpha value is -2.90. The molecule has 8 nitrogen and oxygen atoms in total. The molecule has 8 heteroatoms. The molecule has 2 aromatic rings. The summed E-state index contributed by atoms with van der Waals surface area (Å²) in [6, 6.07) is 4.86. The van der Waals surface area contributed by atoms with Crippen molar-refractivity contribution in [2.45, 2.75) is 25.8 Å².